The van der Waals surface area contributed by atoms with Crippen LogP contribution in [0.5, 0.6) is 0 Å². The number of fused-ring (bicyclic) bond motifs is 5. The van der Waals surface area contributed by atoms with Crippen LogP contribution < -0.4 is 9.80 Å². The van der Waals surface area contributed by atoms with Gasteiger partial charge in [0.15, 0.2) is 0 Å². The highest BCUT2D eigenvalue weighted by atomic mass is 16.3. The maximum Gasteiger partial charge on any atom is 0.136 e. The number of nitrogens with zero attached hydrogens (tertiary/aromatic N) is 2. The molecule has 0 unspecified atom stereocenters. The van der Waals surface area contributed by atoms with E-state index in [1.165, 1.54) is 16.7 Å². The molecule has 3 heteroatoms. The first-order chi connectivity index (χ1) is 35.2. The highest BCUT2D eigenvalue weighted by Crippen LogP contribution is 2.47. The molecule has 0 aliphatic rings. The Morgan fingerprint density at radius 1 is 0.225 bits per heavy atom. The van der Waals surface area contributed by atoms with Gasteiger partial charge < -0.3 is 14.2 Å². The van der Waals surface area contributed by atoms with E-state index in [0.717, 1.165) is 105 Å². The predicted molar refractivity (Wildman–Crippen MR) is 300 cm³/mol. The zero-order valence-corrected chi connectivity index (χ0v) is 38.9. The molecule has 13 aromatic rings. The minimum Gasteiger partial charge on any atom is -0.456 e. The summed E-state index contributed by atoms with van der Waals surface area (Å²) in [6.45, 7) is 0. The third-order valence-corrected chi connectivity index (χ3v) is 13.8. The van der Waals surface area contributed by atoms with E-state index in [9.17, 15) is 0 Å². The number of rotatable bonds is 10. The second-order valence-corrected chi connectivity index (χ2v) is 18.1. The summed E-state index contributed by atoms with van der Waals surface area (Å²) >= 11 is 0. The molecular formula is C68H46N2O. The maximum absolute atomic E-state index is 6.87. The van der Waals surface area contributed by atoms with Gasteiger partial charge in [-0.1, -0.05) is 200 Å². The van der Waals surface area contributed by atoms with Crippen molar-refractivity contribution in [1.82, 2.24) is 0 Å². The second kappa shape index (κ2) is 17.9. The van der Waals surface area contributed by atoms with Crippen molar-refractivity contribution in [1.29, 1.82) is 0 Å². The van der Waals surface area contributed by atoms with Gasteiger partial charge in [-0.3, -0.25) is 0 Å². The van der Waals surface area contributed by atoms with Gasteiger partial charge >= 0.3 is 0 Å². The van der Waals surface area contributed by atoms with Crippen LogP contribution in [0.15, 0.2) is 283 Å². The number of furan rings is 1. The molecule has 1 aromatic heterocycles. The number of benzene rings is 12. The van der Waals surface area contributed by atoms with Crippen LogP contribution in [0.3, 0.4) is 0 Å². The van der Waals surface area contributed by atoms with E-state index < -0.39 is 0 Å². The highest BCUT2D eigenvalue weighted by molar-refractivity contribution is 6.14. The summed E-state index contributed by atoms with van der Waals surface area (Å²) < 4.78 is 6.87. The molecular weight excluding hydrogens is 861 g/mol. The largest absolute Gasteiger partial charge is 0.456 e. The van der Waals surface area contributed by atoms with Gasteiger partial charge in [-0.05, 0) is 128 Å². The molecule has 3 nitrogen and oxygen atoms in total. The first kappa shape index (κ1) is 41.7. The normalized spacial score (nSPS) is 11.4. The summed E-state index contributed by atoms with van der Waals surface area (Å²) in [5.74, 6) is 0. The fourth-order valence-electron chi connectivity index (χ4n) is 10.4. The van der Waals surface area contributed by atoms with Crippen LogP contribution in [-0.4, -0.2) is 0 Å². The van der Waals surface area contributed by atoms with Crippen LogP contribution in [0.1, 0.15) is 0 Å². The van der Waals surface area contributed by atoms with E-state index >= 15 is 0 Å². The molecule has 0 saturated heterocycles. The van der Waals surface area contributed by atoms with E-state index in [0.29, 0.717) is 0 Å². The van der Waals surface area contributed by atoms with Crippen LogP contribution in [-0.2, 0) is 0 Å². The summed E-state index contributed by atoms with van der Waals surface area (Å²) in [5.41, 5.74) is 17.6. The molecule has 0 spiro atoms. The lowest BCUT2D eigenvalue weighted by Crippen LogP contribution is -2.12. The molecule has 0 amide bonds. The summed E-state index contributed by atoms with van der Waals surface area (Å²) in [4.78, 5) is 4.79. The number of hydrogen-bond donors (Lipinski definition) is 0. The Morgan fingerprint density at radius 2 is 0.563 bits per heavy atom. The Morgan fingerprint density at radius 3 is 1.00 bits per heavy atom. The molecule has 0 fully saturated rings. The lowest BCUT2D eigenvalue weighted by molar-refractivity contribution is 0.670. The molecule has 71 heavy (non-hydrogen) atoms. The Hall–Kier alpha value is -9.44. The Labute approximate surface area is 413 Å². The average Bonchev–Trinajstić information content (AvgIpc) is 3.79. The second-order valence-electron chi connectivity index (χ2n) is 18.1. The summed E-state index contributed by atoms with van der Waals surface area (Å²) in [5, 5.41) is 6.71. The molecule has 0 aliphatic heterocycles. The van der Waals surface area contributed by atoms with Crippen LogP contribution >= 0.6 is 0 Å². The van der Waals surface area contributed by atoms with Crippen molar-refractivity contribution in [2.24, 2.45) is 0 Å². The van der Waals surface area contributed by atoms with E-state index in [2.05, 4.69) is 289 Å². The van der Waals surface area contributed by atoms with Crippen LogP contribution in [0.2, 0.25) is 0 Å². The van der Waals surface area contributed by atoms with Crippen molar-refractivity contribution in [3.8, 4) is 44.5 Å². The third kappa shape index (κ3) is 7.76. The molecule has 0 radical (unpaired) electrons. The fourth-order valence-corrected chi connectivity index (χ4v) is 10.4. The monoisotopic (exact) mass is 906 g/mol. The third-order valence-electron chi connectivity index (χ3n) is 13.8. The van der Waals surface area contributed by atoms with Gasteiger partial charge in [-0.2, -0.15) is 0 Å². The fraction of sp³-hybridized carbons (Fsp3) is 0. The quantitative estimate of drug-likeness (QED) is 0.136. The number of anilines is 6. The molecule has 12 aromatic carbocycles. The van der Waals surface area contributed by atoms with E-state index in [-0.39, 0.29) is 0 Å². The molecule has 334 valence electrons. The zero-order valence-electron chi connectivity index (χ0n) is 38.9. The first-order valence-electron chi connectivity index (χ1n) is 24.2. The Kier molecular flexibility index (Phi) is 10.5. The lowest BCUT2D eigenvalue weighted by atomic mass is 9.98. The van der Waals surface area contributed by atoms with Gasteiger partial charge in [0, 0.05) is 44.5 Å². The SMILES string of the molecule is c1ccc(-c2ccc(N(c3ccc4cc5c(cc4c3)oc3cc4cc(N(c6ccccc6-c6ccccc6)c6ccccc6-c6ccccc6)ccc4cc35)c3ccccc3-c3ccccc3)cc2)cc1. The van der Waals surface area contributed by atoms with Crippen molar-refractivity contribution in [2.75, 3.05) is 9.80 Å². The van der Waals surface area contributed by atoms with Gasteiger partial charge in [0.05, 0.1) is 17.1 Å². The topological polar surface area (TPSA) is 19.6 Å². The maximum atomic E-state index is 6.87. The average molecular weight is 907 g/mol. The standard InChI is InChI=1S/C68H46N2O/c1-5-19-47(20-6-1)48-33-37-56(38-34-48)69(64-30-16-13-27-59(64)49-21-7-2-8-22-49)57-39-35-52-43-62-63-44-53-36-40-58(42-55(53)46-68(63)71-67(62)45-54(52)41-57)70(65-31-17-14-28-60(65)50-23-9-3-10-24-50)66-32-18-15-29-61(66)51-25-11-4-12-26-51/h1-46H. The molecule has 0 saturated carbocycles. The van der Waals surface area contributed by atoms with Crippen molar-refractivity contribution < 1.29 is 4.42 Å². The van der Waals surface area contributed by atoms with Gasteiger partial charge in [0.1, 0.15) is 11.2 Å². The number of hydrogen-bond acceptors (Lipinski definition) is 3. The van der Waals surface area contributed by atoms with E-state index in [1.807, 2.05) is 0 Å². The van der Waals surface area contributed by atoms with Gasteiger partial charge in [-0.25, -0.2) is 0 Å². The van der Waals surface area contributed by atoms with Crippen molar-refractivity contribution in [3.63, 3.8) is 0 Å². The molecule has 0 atom stereocenters. The summed E-state index contributed by atoms with van der Waals surface area (Å²) in [6, 6.07) is 100. The van der Waals surface area contributed by atoms with Crippen molar-refractivity contribution >= 4 is 77.6 Å². The van der Waals surface area contributed by atoms with Gasteiger partial charge in [0.25, 0.3) is 0 Å². The minimum atomic E-state index is 0.859. The minimum absolute atomic E-state index is 0.859. The highest BCUT2D eigenvalue weighted by Gasteiger charge is 2.22. The first-order valence-corrected chi connectivity index (χ1v) is 24.2. The predicted octanol–water partition coefficient (Wildman–Crippen LogP) is 19.5. The van der Waals surface area contributed by atoms with Crippen LogP contribution in [0.4, 0.5) is 34.1 Å². The van der Waals surface area contributed by atoms with Gasteiger partial charge in [0.2, 0.25) is 0 Å². The lowest BCUT2D eigenvalue weighted by Gasteiger charge is -2.30. The van der Waals surface area contributed by atoms with Crippen molar-refractivity contribution in [3.05, 3.63) is 279 Å². The van der Waals surface area contributed by atoms with Crippen LogP contribution in [0, 0.1) is 0 Å². The van der Waals surface area contributed by atoms with Crippen LogP contribution in [0.25, 0.3) is 88.0 Å². The smallest absolute Gasteiger partial charge is 0.136 e. The number of para-hydroxylation sites is 3. The summed E-state index contributed by atoms with van der Waals surface area (Å²) in [7, 11) is 0. The molecule has 0 aliphatic carbocycles. The zero-order chi connectivity index (χ0) is 47.1. The molecule has 0 bridgehead atoms. The Balaban J connectivity index is 0.934. The van der Waals surface area contributed by atoms with E-state index in [1.54, 1.807) is 0 Å². The summed E-state index contributed by atoms with van der Waals surface area (Å²) in [6.07, 6.45) is 0. The van der Waals surface area contributed by atoms with Gasteiger partial charge in [-0.15, -0.1) is 0 Å². The Bertz CT molecular complexity index is 3950. The van der Waals surface area contributed by atoms with Crippen molar-refractivity contribution in [2.45, 2.75) is 0 Å². The molecule has 13 rings (SSSR count). The molecule has 1 heterocycles. The van der Waals surface area contributed by atoms with E-state index in [4.69, 9.17) is 4.42 Å². The molecule has 0 N–H and O–H groups in total.